The van der Waals surface area contributed by atoms with Gasteiger partial charge in [0.25, 0.3) is 0 Å². The van der Waals surface area contributed by atoms with E-state index in [1.165, 1.54) is 25.7 Å². The lowest BCUT2D eigenvalue weighted by Gasteiger charge is -2.30. The molecule has 2 nitrogen and oxygen atoms in total. The molecule has 5 atom stereocenters. The molecule has 2 aliphatic rings. The Balaban J connectivity index is 1.94. The SMILES string of the molecule is CC(CN)C(O)C1CC2CCC1C2. The summed E-state index contributed by atoms with van der Waals surface area (Å²) in [5.74, 6) is 2.59. The zero-order chi connectivity index (χ0) is 9.42. The molecule has 2 rings (SSSR count). The molecule has 2 aliphatic carbocycles. The number of aliphatic hydroxyl groups excluding tert-OH is 1. The molecule has 0 amide bonds. The Morgan fingerprint density at radius 2 is 2.15 bits per heavy atom. The smallest absolute Gasteiger partial charge is 0.0608 e. The first-order valence-electron chi connectivity index (χ1n) is 5.60. The van der Waals surface area contributed by atoms with Crippen LogP contribution in [0.5, 0.6) is 0 Å². The van der Waals surface area contributed by atoms with Gasteiger partial charge in [0.15, 0.2) is 0 Å². The summed E-state index contributed by atoms with van der Waals surface area (Å²) in [7, 11) is 0. The highest BCUT2D eigenvalue weighted by molar-refractivity contribution is 4.94. The van der Waals surface area contributed by atoms with Crippen LogP contribution >= 0.6 is 0 Å². The summed E-state index contributed by atoms with van der Waals surface area (Å²) in [5.41, 5.74) is 5.58. The number of hydrogen-bond donors (Lipinski definition) is 2. The third-order valence-corrected chi connectivity index (χ3v) is 4.19. The van der Waals surface area contributed by atoms with E-state index < -0.39 is 0 Å². The van der Waals surface area contributed by atoms with Crippen molar-refractivity contribution in [2.75, 3.05) is 6.54 Å². The van der Waals surface area contributed by atoms with Gasteiger partial charge in [-0.2, -0.15) is 0 Å². The number of fused-ring (bicyclic) bond motifs is 2. The van der Waals surface area contributed by atoms with Gasteiger partial charge < -0.3 is 10.8 Å². The van der Waals surface area contributed by atoms with E-state index in [9.17, 15) is 5.11 Å². The van der Waals surface area contributed by atoms with Crippen LogP contribution in [0.15, 0.2) is 0 Å². The molecule has 0 heterocycles. The van der Waals surface area contributed by atoms with Crippen molar-refractivity contribution >= 4 is 0 Å². The monoisotopic (exact) mass is 183 g/mol. The fourth-order valence-electron chi connectivity index (χ4n) is 3.27. The van der Waals surface area contributed by atoms with E-state index in [-0.39, 0.29) is 12.0 Å². The number of rotatable bonds is 3. The van der Waals surface area contributed by atoms with Crippen LogP contribution in [-0.4, -0.2) is 17.8 Å². The third kappa shape index (κ3) is 1.62. The minimum absolute atomic E-state index is 0.139. The number of hydrogen-bond acceptors (Lipinski definition) is 2. The predicted octanol–water partition coefficient (Wildman–Crippen LogP) is 1.38. The van der Waals surface area contributed by atoms with Gasteiger partial charge in [0.1, 0.15) is 0 Å². The molecule has 2 fully saturated rings. The molecule has 2 bridgehead atoms. The molecule has 0 spiro atoms. The fourth-order valence-corrected chi connectivity index (χ4v) is 3.27. The molecule has 13 heavy (non-hydrogen) atoms. The zero-order valence-electron chi connectivity index (χ0n) is 8.45. The normalized spacial score (nSPS) is 42.2. The van der Waals surface area contributed by atoms with Crippen molar-refractivity contribution in [3.05, 3.63) is 0 Å². The van der Waals surface area contributed by atoms with Crippen LogP contribution in [0.1, 0.15) is 32.6 Å². The molecule has 0 aromatic carbocycles. The van der Waals surface area contributed by atoms with Crippen LogP contribution in [0.4, 0.5) is 0 Å². The van der Waals surface area contributed by atoms with Gasteiger partial charge in [-0.05, 0) is 49.5 Å². The van der Waals surface area contributed by atoms with Crippen LogP contribution < -0.4 is 5.73 Å². The average molecular weight is 183 g/mol. The van der Waals surface area contributed by atoms with Crippen LogP contribution in [0, 0.1) is 23.7 Å². The Labute approximate surface area is 80.5 Å². The van der Waals surface area contributed by atoms with E-state index in [4.69, 9.17) is 5.73 Å². The second kappa shape index (κ2) is 3.58. The summed E-state index contributed by atoms with van der Waals surface area (Å²) < 4.78 is 0. The highest BCUT2D eigenvalue weighted by Crippen LogP contribution is 2.50. The number of nitrogens with two attached hydrogens (primary N) is 1. The van der Waals surface area contributed by atoms with E-state index in [0.29, 0.717) is 12.5 Å². The Kier molecular flexibility index (Phi) is 2.61. The lowest BCUT2D eigenvalue weighted by atomic mass is 9.80. The van der Waals surface area contributed by atoms with Gasteiger partial charge in [-0.25, -0.2) is 0 Å². The summed E-state index contributed by atoms with van der Waals surface area (Å²) in [4.78, 5) is 0. The molecule has 5 unspecified atom stereocenters. The molecule has 3 N–H and O–H groups in total. The van der Waals surface area contributed by atoms with E-state index >= 15 is 0 Å². The first-order valence-corrected chi connectivity index (χ1v) is 5.60. The molecule has 2 heteroatoms. The summed E-state index contributed by atoms with van der Waals surface area (Å²) in [6, 6.07) is 0. The lowest BCUT2D eigenvalue weighted by Crippen LogP contribution is -2.34. The summed E-state index contributed by atoms with van der Waals surface area (Å²) in [5, 5.41) is 10.1. The van der Waals surface area contributed by atoms with Crippen molar-refractivity contribution in [2.45, 2.75) is 38.7 Å². The minimum atomic E-state index is -0.139. The maximum Gasteiger partial charge on any atom is 0.0608 e. The standard InChI is InChI=1S/C11H21NO/c1-7(6-12)11(13)10-5-8-2-3-9(10)4-8/h7-11,13H,2-6,12H2,1H3. The molecular formula is C11H21NO. The molecule has 76 valence electrons. The second-order valence-corrected chi connectivity index (χ2v) is 5.04. The van der Waals surface area contributed by atoms with Crippen LogP contribution in [0.25, 0.3) is 0 Å². The van der Waals surface area contributed by atoms with Crippen LogP contribution in [-0.2, 0) is 0 Å². The van der Waals surface area contributed by atoms with E-state index in [0.717, 1.165) is 11.8 Å². The maximum atomic E-state index is 10.1. The molecule has 2 saturated carbocycles. The van der Waals surface area contributed by atoms with E-state index in [1.807, 2.05) is 0 Å². The van der Waals surface area contributed by atoms with Gasteiger partial charge in [-0.3, -0.25) is 0 Å². The molecule has 0 radical (unpaired) electrons. The summed E-state index contributed by atoms with van der Waals surface area (Å²) >= 11 is 0. The first kappa shape index (κ1) is 9.47. The van der Waals surface area contributed by atoms with Crippen molar-refractivity contribution in [1.82, 2.24) is 0 Å². The van der Waals surface area contributed by atoms with Gasteiger partial charge in [0.2, 0.25) is 0 Å². The van der Waals surface area contributed by atoms with Gasteiger partial charge >= 0.3 is 0 Å². The topological polar surface area (TPSA) is 46.2 Å². The van der Waals surface area contributed by atoms with Crippen molar-refractivity contribution in [3.8, 4) is 0 Å². The maximum absolute atomic E-state index is 10.1. The first-order chi connectivity index (χ1) is 6.22. The largest absolute Gasteiger partial charge is 0.393 e. The second-order valence-electron chi connectivity index (χ2n) is 5.04. The Morgan fingerprint density at radius 1 is 1.38 bits per heavy atom. The van der Waals surface area contributed by atoms with E-state index in [1.54, 1.807) is 0 Å². The van der Waals surface area contributed by atoms with Crippen LogP contribution in [0.3, 0.4) is 0 Å². The Hall–Kier alpha value is -0.0800. The molecular weight excluding hydrogens is 162 g/mol. The number of aliphatic hydroxyl groups is 1. The zero-order valence-corrected chi connectivity index (χ0v) is 8.45. The molecule has 0 saturated heterocycles. The van der Waals surface area contributed by atoms with Crippen molar-refractivity contribution in [1.29, 1.82) is 0 Å². The quantitative estimate of drug-likeness (QED) is 0.694. The van der Waals surface area contributed by atoms with Crippen molar-refractivity contribution in [2.24, 2.45) is 29.4 Å². The van der Waals surface area contributed by atoms with Gasteiger partial charge in [0.05, 0.1) is 6.10 Å². The van der Waals surface area contributed by atoms with Crippen LogP contribution in [0.2, 0.25) is 0 Å². The molecule has 0 aromatic rings. The lowest BCUT2D eigenvalue weighted by molar-refractivity contribution is 0.0343. The molecule has 0 aliphatic heterocycles. The predicted molar refractivity (Wildman–Crippen MR) is 53.2 cm³/mol. The summed E-state index contributed by atoms with van der Waals surface area (Å²) in [6.07, 6.45) is 5.25. The van der Waals surface area contributed by atoms with Gasteiger partial charge in [0, 0.05) is 0 Å². The highest BCUT2D eigenvalue weighted by atomic mass is 16.3. The van der Waals surface area contributed by atoms with Crippen molar-refractivity contribution < 1.29 is 5.11 Å². The average Bonchev–Trinajstić information content (AvgIpc) is 2.76. The highest BCUT2D eigenvalue weighted by Gasteiger charge is 2.43. The third-order valence-electron chi connectivity index (χ3n) is 4.19. The fraction of sp³-hybridized carbons (Fsp3) is 1.00. The van der Waals surface area contributed by atoms with Crippen molar-refractivity contribution in [3.63, 3.8) is 0 Å². The molecule has 0 aromatic heterocycles. The van der Waals surface area contributed by atoms with E-state index in [2.05, 4.69) is 6.92 Å². The Morgan fingerprint density at radius 3 is 2.62 bits per heavy atom. The minimum Gasteiger partial charge on any atom is -0.393 e. The van der Waals surface area contributed by atoms with Gasteiger partial charge in [-0.15, -0.1) is 0 Å². The summed E-state index contributed by atoms with van der Waals surface area (Å²) in [6.45, 7) is 2.69. The Bertz CT molecular complexity index is 183. The van der Waals surface area contributed by atoms with Gasteiger partial charge in [-0.1, -0.05) is 13.3 Å².